The molecule has 0 unspecified atom stereocenters. The highest BCUT2D eigenvalue weighted by atomic mass is 32.1. The zero-order valence-corrected chi connectivity index (χ0v) is 21.7. The van der Waals surface area contributed by atoms with Crippen molar-refractivity contribution in [3.8, 4) is 11.4 Å². The molecule has 5 aromatic rings. The number of rotatable bonds is 8. The first-order valence-electron chi connectivity index (χ1n) is 12.0. The van der Waals surface area contributed by atoms with Crippen molar-refractivity contribution in [1.82, 2.24) is 20.1 Å². The van der Waals surface area contributed by atoms with Crippen LogP contribution in [0.15, 0.2) is 73.1 Å². The molecule has 0 aliphatic heterocycles. The van der Waals surface area contributed by atoms with Gasteiger partial charge in [0.25, 0.3) is 5.91 Å². The number of aromatic nitrogens is 3. The molecular weight excluding hydrogens is 487 g/mol. The Morgan fingerprint density at radius 2 is 1.86 bits per heavy atom. The van der Waals surface area contributed by atoms with Gasteiger partial charge in [-0.15, -0.1) is 11.3 Å². The molecule has 0 bridgehead atoms. The first-order valence-corrected chi connectivity index (χ1v) is 12.8. The zero-order valence-electron chi connectivity index (χ0n) is 20.9. The predicted octanol–water partition coefficient (Wildman–Crippen LogP) is 5.97. The molecule has 2 aromatic heterocycles. The minimum Gasteiger partial charge on any atom is -0.491 e. The van der Waals surface area contributed by atoms with Crippen molar-refractivity contribution in [2.75, 3.05) is 6.61 Å². The van der Waals surface area contributed by atoms with E-state index in [0.29, 0.717) is 23.8 Å². The van der Waals surface area contributed by atoms with Crippen LogP contribution < -0.4 is 10.1 Å². The first kappa shape index (κ1) is 24.6. The van der Waals surface area contributed by atoms with Gasteiger partial charge in [0.05, 0.1) is 23.4 Å². The number of carbonyl (C=O) groups excluding carboxylic acids is 1. The molecule has 1 N–H and O–H groups in total. The maximum absolute atomic E-state index is 13.3. The lowest BCUT2D eigenvalue weighted by Crippen LogP contribution is -2.40. The summed E-state index contributed by atoms with van der Waals surface area (Å²) >= 11 is 1.37. The van der Waals surface area contributed by atoms with E-state index in [1.54, 1.807) is 29.2 Å². The van der Waals surface area contributed by atoms with Crippen LogP contribution in [0.1, 0.15) is 31.4 Å². The fourth-order valence-corrected chi connectivity index (χ4v) is 4.90. The number of hydrogen-bond acceptors (Lipinski definition) is 5. The summed E-state index contributed by atoms with van der Waals surface area (Å²) in [6.07, 6.45) is 4.09. The summed E-state index contributed by atoms with van der Waals surface area (Å²) in [5.41, 5.74) is 5.17. The van der Waals surface area contributed by atoms with Crippen LogP contribution in [0.25, 0.3) is 16.6 Å². The van der Waals surface area contributed by atoms with Gasteiger partial charge < -0.3 is 10.1 Å². The molecule has 188 valence electrons. The minimum absolute atomic E-state index is 0.201. The monoisotopic (exact) mass is 514 g/mol. The average molecular weight is 515 g/mol. The molecule has 8 heteroatoms. The fraction of sp³-hybridized carbons (Fsp3) is 0.207. The Labute approximate surface area is 218 Å². The highest BCUT2D eigenvalue weighted by Crippen LogP contribution is 2.24. The number of aryl methyl sites for hydroxylation is 3. The van der Waals surface area contributed by atoms with E-state index in [1.165, 1.54) is 40.2 Å². The molecule has 0 aliphatic carbocycles. The van der Waals surface area contributed by atoms with E-state index in [-0.39, 0.29) is 17.8 Å². The maximum atomic E-state index is 13.3. The van der Waals surface area contributed by atoms with Crippen molar-refractivity contribution in [3.63, 3.8) is 0 Å². The normalized spacial score (nSPS) is 12.0. The Morgan fingerprint density at radius 1 is 1.05 bits per heavy atom. The third-order valence-electron chi connectivity index (χ3n) is 6.18. The van der Waals surface area contributed by atoms with E-state index in [1.807, 2.05) is 25.1 Å². The lowest BCUT2D eigenvalue weighted by atomic mass is 9.99. The van der Waals surface area contributed by atoms with Crippen LogP contribution in [0.5, 0.6) is 5.75 Å². The van der Waals surface area contributed by atoms with Gasteiger partial charge in [-0.2, -0.15) is 5.10 Å². The predicted molar refractivity (Wildman–Crippen MR) is 144 cm³/mol. The molecule has 0 saturated heterocycles. The molecule has 1 amide bonds. The van der Waals surface area contributed by atoms with Gasteiger partial charge in [0, 0.05) is 16.5 Å². The van der Waals surface area contributed by atoms with Crippen LogP contribution in [0, 0.1) is 26.6 Å². The van der Waals surface area contributed by atoms with Gasteiger partial charge in [-0.05, 0) is 80.8 Å². The van der Waals surface area contributed by atoms with E-state index in [4.69, 9.17) is 4.74 Å². The molecule has 2 heterocycles. The lowest BCUT2D eigenvalue weighted by molar-refractivity contribution is 0.0921. The molecular formula is C29H27FN4O2S. The van der Waals surface area contributed by atoms with Crippen LogP contribution in [0.2, 0.25) is 0 Å². The van der Waals surface area contributed by atoms with Crippen molar-refractivity contribution in [1.29, 1.82) is 0 Å². The number of ether oxygens (including phenoxy) is 1. The molecule has 37 heavy (non-hydrogen) atoms. The van der Waals surface area contributed by atoms with E-state index in [0.717, 1.165) is 21.5 Å². The molecule has 0 radical (unpaired) electrons. The summed E-state index contributed by atoms with van der Waals surface area (Å²) in [5, 5.41) is 8.91. The number of nitrogens with zero attached hydrogens (tertiary/aromatic N) is 3. The van der Waals surface area contributed by atoms with Gasteiger partial charge in [0.1, 0.15) is 18.2 Å². The number of nitrogens with one attached hydrogen (secondary N) is 1. The van der Waals surface area contributed by atoms with Crippen LogP contribution in [0.3, 0.4) is 0 Å². The summed E-state index contributed by atoms with van der Waals surface area (Å²) in [4.78, 5) is 18.1. The summed E-state index contributed by atoms with van der Waals surface area (Å²) < 4.78 is 21.3. The van der Waals surface area contributed by atoms with Crippen molar-refractivity contribution < 1.29 is 13.9 Å². The first-order chi connectivity index (χ1) is 17.9. The van der Waals surface area contributed by atoms with E-state index < -0.39 is 0 Å². The molecule has 5 rings (SSSR count). The fourth-order valence-electron chi connectivity index (χ4n) is 4.23. The van der Waals surface area contributed by atoms with E-state index in [9.17, 15) is 9.18 Å². The van der Waals surface area contributed by atoms with Crippen molar-refractivity contribution in [3.05, 3.63) is 105 Å². The number of hydrogen-bond donors (Lipinski definition) is 1. The third kappa shape index (κ3) is 5.70. The number of benzene rings is 3. The molecule has 6 nitrogen and oxygen atoms in total. The second-order valence-electron chi connectivity index (χ2n) is 9.14. The van der Waals surface area contributed by atoms with Crippen LogP contribution >= 0.6 is 11.3 Å². The van der Waals surface area contributed by atoms with Crippen molar-refractivity contribution in [2.45, 2.75) is 33.2 Å². The second kappa shape index (κ2) is 10.5. The summed E-state index contributed by atoms with van der Waals surface area (Å²) in [6.45, 7) is 6.36. The van der Waals surface area contributed by atoms with Gasteiger partial charge in [-0.1, -0.05) is 23.8 Å². The topological polar surface area (TPSA) is 69.0 Å². The minimum atomic E-state index is -0.289. The second-order valence-corrected chi connectivity index (χ2v) is 10.4. The van der Waals surface area contributed by atoms with Gasteiger partial charge in [-0.3, -0.25) is 4.79 Å². The van der Waals surface area contributed by atoms with Gasteiger partial charge in [-0.25, -0.2) is 14.1 Å². The number of halogens is 1. The van der Waals surface area contributed by atoms with Crippen LogP contribution in [-0.2, 0) is 6.42 Å². The summed E-state index contributed by atoms with van der Waals surface area (Å²) in [7, 11) is 0. The SMILES string of the molecule is Cc1ccc(C)c(C[C@@H](COc2ccc3c(cnn3-c3ccc(F)cc3)c2)NC(=O)c2ncc(C)s2)c1. The maximum Gasteiger partial charge on any atom is 0.280 e. The molecule has 1 atom stereocenters. The van der Waals surface area contributed by atoms with E-state index >= 15 is 0 Å². The summed E-state index contributed by atoms with van der Waals surface area (Å²) in [6, 6.07) is 18.0. The molecule has 3 aromatic carbocycles. The Hall–Kier alpha value is -4.04. The largest absolute Gasteiger partial charge is 0.491 e. The Kier molecular flexibility index (Phi) is 7.01. The Balaban J connectivity index is 1.35. The highest BCUT2D eigenvalue weighted by Gasteiger charge is 2.19. The Morgan fingerprint density at radius 3 is 2.62 bits per heavy atom. The third-order valence-corrected chi connectivity index (χ3v) is 7.10. The van der Waals surface area contributed by atoms with Crippen molar-refractivity contribution in [2.24, 2.45) is 0 Å². The quantitative estimate of drug-likeness (QED) is 0.277. The van der Waals surface area contributed by atoms with Gasteiger partial charge in [0.2, 0.25) is 0 Å². The zero-order chi connectivity index (χ0) is 25.9. The Bertz CT molecular complexity index is 1560. The van der Waals surface area contributed by atoms with E-state index in [2.05, 4.69) is 47.4 Å². The smallest absolute Gasteiger partial charge is 0.280 e. The number of amides is 1. The van der Waals surface area contributed by atoms with Crippen LogP contribution in [0.4, 0.5) is 4.39 Å². The van der Waals surface area contributed by atoms with Crippen molar-refractivity contribution >= 4 is 28.1 Å². The van der Waals surface area contributed by atoms with Gasteiger partial charge >= 0.3 is 0 Å². The molecule has 0 spiro atoms. The standard InChI is InChI=1S/C29H27FN4O2S/c1-18-4-5-19(2)21(12-18)13-24(33-28(35)29-31-15-20(3)37-29)17-36-26-10-11-27-22(14-26)16-32-34(27)25-8-6-23(30)7-9-25/h4-12,14-16,24H,13,17H2,1-3H3,(H,33,35)/t24-/m0/s1. The number of fused-ring (bicyclic) bond motifs is 1. The highest BCUT2D eigenvalue weighted by molar-refractivity contribution is 7.13. The number of carbonyl (C=O) groups is 1. The molecule has 0 fully saturated rings. The van der Waals surface area contributed by atoms with Crippen LogP contribution in [-0.4, -0.2) is 33.3 Å². The number of thiazole rings is 1. The lowest BCUT2D eigenvalue weighted by Gasteiger charge is -2.20. The van der Waals surface area contributed by atoms with Gasteiger partial charge in [0.15, 0.2) is 5.01 Å². The summed E-state index contributed by atoms with van der Waals surface area (Å²) in [5.74, 6) is 0.188. The average Bonchev–Trinajstić information content (AvgIpc) is 3.51. The molecule has 0 saturated carbocycles. The molecule has 0 aliphatic rings.